The van der Waals surface area contributed by atoms with E-state index < -0.39 is 22.3 Å². The van der Waals surface area contributed by atoms with Crippen LogP contribution in [0.3, 0.4) is 0 Å². The van der Waals surface area contributed by atoms with Crippen LogP contribution in [0.15, 0.2) is 4.41 Å². The Bertz CT molecular complexity index is 266. The van der Waals surface area contributed by atoms with Crippen molar-refractivity contribution >= 4 is 22.3 Å². The molecule has 0 saturated carbocycles. The van der Waals surface area contributed by atoms with Crippen LogP contribution in [0.5, 0.6) is 0 Å². The van der Waals surface area contributed by atoms with Crippen LogP contribution in [0.1, 0.15) is 0 Å². The molecule has 13 heavy (non-hydrogen) atoms. The number of nitrogens with one attached hydrogen (secondary N) is 1. The first-order valence-electron chi connectivity index (χ1n) is 4.57. The molecule has 0 aromatic carbocycles. The highest BCUT2D eigenvalue weighted by atomic mass is 31.2. The predicted octanol–water partition coefficient (Wildman–Crippen LogP) is 4.28. The third-order valence-corrected chi connectivity index (χ3v) is 11.4. The lowest BCUT2D eigenvalue weighted by atomic mass is 11.8. The van der Waals surface area contributed by atoms with Crippen molar-refractivity contribution in [1.29, 1.82) is 5.16 Å². The van der Waals surface area contributed by atoms with Crippen molar-refractivity contribution in [2.24, 2.45) is 4.41 Å². The van der Waals surface area contributed by atoms with E-state index in [1.807, 2.05) is 0 Å². The minimum Gasteiger partial charge on any atom is -0.338 e. The maximum atomic E-state index is 7.99. The topological polar surface area (TPSA) is 36.2 Å². The summed E-state index contributed by atoms with van der Waals surface area (Å²) < 4.78 is 4.98. The first-order valence-corrected chi connectivity index (χ1v) is 13.7. The Morgan fingerprint density at radius 1 is 1.08 bits per heavy atom. The highest BCUT2D eigenvalue weighted by molar-refractivity contribution is 7.81. The van der Waals surface area contributed by atoms with Crippen molar-refractivity contribution < 1.29 is 0 Å². The van der Waals surface area contributed by atoms with Crippen LogP contribution in [0.2, 0.25) is 19.6 Å². The second-order valence-corrected chi connectivity index (χ2v) is 18.6. The van der Waals surface area contributed by atoms with Gasteiger partial charge in [-0.2, -0.15) is 0 Å². The smallest absolute Gasteiger partial charge is 0.170 e. The lowest BCUT2D eigenvalue weighted by molar-refractivity contribution is 1.54. The zero-order chi connectivity index (χ0) is 10.9. The van der Waals surface area contributed by atoms with E-state index in [1.54, 1.807) is 0 Å². The maximum absolute atomic E-state index is 7.99. The highest BCUT2D eigenvalue weighted by Crippen LogP contribution is 2.56. The molecular weight excluding hydrogens is 214 g/mol. The van der Waals surface area contributed by atoms with Crippen LogP contribution in [0, 0.1) is 5.16 Å². The molecular formula is C8H24N2P2Si. The lowest BCUT2D eigenvalue weighted by Gasteiger charge is -2.24. The van der Waals surface area contributed by atoms with Crippen LogP contribution in [0.25, 0.3) is 0 Å². The van der Waals surface area contributed by atoms with E-state index in [-0.39, 0.29) is 0 Å². The molecule has 2 nitrogen and oxygen atoms in total. The average Bonchev–Trinajstić information content (AvgIpc) is 1.43. The molecule has 1 N–H and O–H groups in total. The summed E-state index contributed by atoms with van der Waals surface area (Å²) in [6.07, 6.45) is 0. The highest BCUT2D eigenvalue weighted by Gasteiger charge is 2.18. The van der Waals surface area contributed by atoms with Crippen molar-refractivity contribution in [1.82, 2.24) is 0 Å². The monoisotopic (exact) mass is 238 g/mol. The minimum atomic E-state index is -1.40. The van der Waals surface area contributed by atoms with E-state index in [1.165, 1.54) is 0 Å². The van der Waals surface area contributed by atoms with E-state index in [0.717, 1.165) is 5.90 Å². The van der Waals surface area contributed by atoms with Gasteiger partial charge in [-0.1, -0.05) is 19.6 Å². The van der Waals surface area contributed by atoms with Gasteiger partial charge in [-0.25, -0.2) is 0 Å². The Labute approximate surface area is 84.5 Å². The van der Waals surface area contributed by atoms with E-state index >= 15 is 0 Å². The fourth-order valence-corrected chi connectivity index (χ4v) is 15.9. The van der Waals surface area contributed by atoms with Gasteiger partial charge in [-0.15, -0.1) is 0 Å². The average molecular weight is 238 g/mol. The third-order valence-electron chi connectivity index (χ3n) is 1.27. The summed E-state index contributed by atoms with van der Waals surface area (Å²) in [6, 6.07) is 0. The zero-order valence-corrected chi connectivity index (χ0v) is 12.8. The number of nitrogens with zero attached hydrogens (tertiary/aromatic N) is 1. The van der Waals surface area contributed by atoms with Gasteiger partial charge in [0.1, 0.15) is 0 Å². The fraction of sp³-hybridized carbons (Fsp3) is 1.00. The number of hydrogen-bond donors (Lipinski definition) is 1. The summed E-state index contributed by atoms with van der Waals surface area (Å²) in [4.78, 5) is 0. The molecule has 0 aliphatic carbocycles. The van der Waals surface area contributed by atoms with E-state index in [9.17, 15) is 0 Å². The Balaban J connectivity index is 4.79. The lowest BCUT2D eigenvalue weighted by Crippen LogP contribution is -2.16. The van der Waals surface area contributed by atoms with Crippen LogP contribution < -0.4 is 0 Å². The van der Waals surface area contributed by atoms with Gasteiger partial charge in [0, 0.05) is 5.90 Å². The Hall–Kier alpha value is 0.677. The van der Waals surface area contributed by atoms with Gasteiger partial charge in [-0.05, 0) is 40.8 Å². The second kappa shape index (κ2) is 4.04. The molecule has 0 aliphatic heterocycles. The molecule has 80 valence electrons. The molecule has 0 unspecified atom stereocenters. The van der Waals surface area contributed by atoms with Gasteiger partial charge in [0.25, 0.3) is 0 Å². The Morgan fingerprint density at radius 3 is 1.69 bits per heavy atom. The van der Waals surface area contributed by atoms with Crippen LogP contribution in [-0.4, -0.2) is 40.8 Å². The van der Waals surface area contributed by atoms with Crippen molar-refractivity contribution in [3.8, 4) is 0 Å². The Kier molecular flexibility index (Phi) is 4.25. The van der Waals surface area contributed by atoms with Gasteiger partial charge >= 0.3 is 0 Å². The summed E-state index contributed by atoms with van der Waals surface area (Å²) in [5, 5.41) is 7.99. The molecule has 0 bridgehead atoms. The summed E-state index contributed by atoms with van der Waals surface area (Å²) in [7, 11) is -3.82. The third kappa shape index (κ3) is 8.99. The zero-order valence-electron chi connectivity index (χ0n) is 10.0. The summed E-state index contributed by atoms with van der Waals surface area (Å²) in [5.74, 6) is 1.06. The standard InChI is InChI=1S/C8H24N2P2Si/c1-11(2,9)8-12(3,4)10-13(5,6)7/h9H,8H2,1-7H3. The largest absolute Gasteiger partial charge is 0.338 e. The molecule has 0 atom stereocenters. The first kappa shape index (κ1) is 13.7. The molecule has 0 spiro atoms. The fourth-order valence-electron chi connectivity index (χ4n) is 1.71. The minimum absolute atomic E-state index is 1.06. The number of hydrogen-bond acceptors (Lipinski definition) is 2. The van der Waals surface area contributed by atoms with E-state index in [0.29, 0.717) is 0 Å². The molecule has 0 heterocycles. The summed E-state index contributed by atoms with van der Waals surface area (Å²) >= 11 is 0. The van der Waals surface area contributed by atoms with Crippen molar-refractivity contribution in [3.05, 3.63) is 0 Å². The molecule has 0 rings (SSSR count). The van der Waals surface area contributed by atoms with Crippen molar-refractivity contribution in [2.45, 2.75) is 19.6 Å². The SMILES string of the molecule is C[Si](C)(C)N=P(C)(C)CP(C)(C)=N. The van der Waals surface area contributed by atoms with Crippen LogP contribution in [-0.2, 0) is 0 Å². The molecule has 0 saturated heterocycles. The van der Waals surface area contributed by atoms with Crippen molar-refractivity contribution in [3.63, 3.8) is 0 Å². The Morgan fingerprint density at radius 2 is 1.46 bits per heavy atom. The number of rotatable bonds is 3. The van der Waals surface area contributed by atoms with Gasteiger partial charge in [0.15, 0.2) is 8.24 Å². The second-order valence-electron chi connectivity index (χ2n) is 5.72. The van der Waals surface area contributed by atoms with Crippen molar-refractivity contribution in [2.75, 3.05) is 32.6 Å². The van der Waals surface area contributed by atoms with E-state index in [2.05, 4.69) is 46.3 Å². The van der Waals surface area contributed by atoms with Gasteiger partial charge in [0.05, 0.1) is 0 Å². The molecule has 0 amide bonds. The summed E-state index contributed by atoms with van der Waals surface area (Å²) in [6.45, 7) is 15.6. The predicted molar refractivity (Wildman–Crippen MR) is 70.9 cm³/mol. The maximum Gasteiger partial charge on any atom is 0.170 e. The summed E-state index contributed by atoms with van der Waals surface area (Å²) in [5.41, 5.74) is 0. The molecule has 0 radical (unpaired) electrons. The molecule has 0 aliphatic rings. The quantitative estimate of drug-likeness (QED) is 0.563. The van der Waals surface area contributed by atoms with Crippen LogP contribution >= 0.6 is 14.1 Å². The van der Waals surface area contributed by atoms with Gasteiger partial charge in [0.2, 0.25) is 0 Å². The first-order chi connectivity index (χ1) is 5.41. The molecule has 5 heteroatoms. The van der Waals surface area contributed by atoms with Gasteiger partial charge in [-0.3, -0.25) is 0 Å². The molecule has 0 aromatic heterocycles. The van der Waals surface area contributed by atoms with Gasteiger partial charge < -0.3 is 9.57 Å². The molecule has 0 aromatic rings. The normalized spacial score (nSPS) is 14.4. The van der Waals surface area contributed by atoms with E-state index in [4.69, 9.17) is 9.57 Å². The van der Waals surface area contributed by atoms with Crippen LogP contribution in [0.4, 0.5) is 0 Å². The molecule has 0 fully saturated rings.